The summed E-state index contributed by atoms with van der Waals surface area (Å²) in [5.74, 6) is -0.308. The Morgan fingerprint density at radius 3 is 2.69 bits per heavy atom. The number of aromatic nitrogens is 1. The number of nitrogens with zero attached hydrogens (tertiary/aromatic N) is 2. The van der Waals surface area contributed by atoms with Gasteiger partial charge in [0.05, 0.1) is 6.54 Å². The fourth-order valence-corrected chi connectivity index (χ4v) is 4.52. The lowest BCUT2D eigenvalue weighted by Crippen LogP contribution is -2.54. The molecule has 0 radical (unpaired) electrons. The summed E-state index contributed by atoms with van der Waals surface area (Å²) in [7, 11) is 0. The highest BCUT2D eigenvalue weighted by Gasteiger charge is 2.55. The molecule has 1 aliphatic heterocycles. The van der Waals surface area contributed by atoms with Gasteiger partial charge >= 0.3 is 6.03 Å². The maximum atomic E-state index is 13.0. The van der Waals surface area contributed by atoms with Crippen LogP contribution in [0.15, 0.2) is 6.07 Å². The first-order chi connectivity index (χ1) is 12.3. The minimum Gasteiger partial charge on any atom is -0.348 e. The zero-order valence-corrected chi connectivity index (χ0v) is 16.2. The molecule has 2 atom stereocenters. The van der Waals surface area contributed by atoms with Crippen LogP contribution >= 0.6 is 0 Å². The van der Waals surface area contributed by atoms with Crippen LogP contribution in [0, 0.1) is 19.8 Å². The lowest BCUT2D eigenvalue weighted by molar-refractivity contribution is -0.133. The summed E-state index contributed by atoms with van der Waals surface area (Å²) in [6.45, 7) is 8.68. The number of aryl methyl sites for hydroxylation is 1. The molecule has 1 aromatic heterocycles. The number of hydrogen-bond donors (Lipinski definition) is 1. The van der Waals surface area contributed by atoms with E-state index in [9.17, 15) is 14.4 Å². The fourth-order valence-electron chi connectivity index (χ4n) is 4.52. The average Bonchev–Trinajstić information content (AvgIpc) is 3.01. The lowest BCUT2D eigenvalue weighted by Gasteiger charge is -2.36. The minimum atomic E-state index is -0.811. The van der Waals surface area contributed by atoms with E-state index in [-0.39, 0.29) is 24.2 Å². The van der Waals surface area contributed by atoms with E-state index in [2.05, 4.69) is 16.8 Å². The molecular weight excluding hydrogens is 330 g/mol. The second-order valence-electron chi connectivity index (χ2n) is 7.80. The number of urea groups is 1. The molecule has 142 valence electrons. The summed E-state index contributed by atoms with van der Waals surface area (Å²) in [5, 5.41) is 2.91. The number of nitrogens with one attached hydrogen (secondary N) is 1. The molecular formula is C20H29N3O3. The van der Waals surface area contributed by atoms with Crippen molar-refractivity contribution in [1.29, 1.82) is 0 Å². The Morgan fingerprint density at radius 1 is 1.31 bits per heavy atom. The summed E-state index contributed by atoms with van der Waals surface area (Å²) >= 11 is 0. The van der Waals surface area contributed by atoms with Crippen LogP contribution in [0.3, 0.4) is 0 Å². The molecule has 1 N–H and O–H groups in total. The Balaban J connectivity index is 1.81. The highest BCUT2D eigenvalue weighted by atomic mass is 16.2. The van der Waals surface area contributed by atoms with E-state index >= 15 is 0 Å². The number of carbonyl (C=O) groups is 3. The third-order valence-electron chi connectivity index (χ3n) is 6.12. The van der Waals surface area contributed by atoms with Crippen LogP contribution in [0.1, 0.15) is 67.7 Å². The molecule has 1 aliphatic carbocycles. The van der Waals surface area contributed by atoms with E-state index in [1.807, 2.05) is 26.8 Å². The monoisotopic (exact) mass is 359 g/mol. The maximum absolute atomic E-state index is 13.0. The van der Waals surface area contributed by atoms with Crippen LogP contribution in [0.4, 0.5) is 4.79 Å². The number of hydrogen-bond acceptors (Lipinski definition) is 3. The van der Waals surface area contributed by atoms with Gasteiger partial charge in [0.2, 0.25) is 0 Å². The Morgan fingerprint density at radius 2 is 2.04 bits per heavy atom. The Labute approximate surface area is 154 Å². The number of carbonyl (C=O) groups excluding carboxylic acids is 3. The molecule has 2 aliphatic rings. The van der Waals surface area contributed by atoms with E-state index in [1.54, 1.807) is 0 Å². The molecule has 3 rings (SSSR count). The number of Topliss-reactive ketones (excluding diaryl/α,β-unsaturated/α-hetero) is 1. The first-order valence-corrected chi connectivity index (χ1v) is 9.66. The summed E-state index contributed by atoms with van der Waals surface area (Å²) in [4.78, 5) is 39.5. The van der Waals surface area contributed by atoms with E-state index in [1.165, 1.54) is 0 Å². The molecule has 2 heterocycles. The normalized spacial score (nSPS) is 25.8. The van der Waals surface area contributed by atoms with Gasteiger partial charge in [-0.15, -0.1) is 0 Å². The maximum Gasteiger partial charge on any atom is 0.325 e. The predicted molar refractivity (Wildman–Crippen MR) is 99.1 cm³/mol. The molecule has 1 spiro atoms. The number of imide groups is 1. The summed E-state index contributed by atoms with van der Waals surface area (Å²) in [6, 6.07) is 1.43. The van der Waals surface area contributed by atoms with Gasteiger partial charge in [-0.2, -0.15) is 0 Å². The van der Waals surface area contributed by atoms with Gasteiger partial charge < -0.3 is 9.88 Å². The zero-order valence-electron chi connectivity index (χ0n) is 16.2. The van der Waals surface area contributed by atoms with Crippen LogP contribution in [-0.4, -0.2) is 39.3 Å². The van der Waals surface area contributed by atoms with Gasteiger partial charge in [-0.3, -0.25) is 14.5 Å². The van der Waals surface area contributed by atoms with Gasteiger partial charge in [-0.1, -0.05) is 26.7 Å². The van der Waals surface area contributed by atoms with Gasteiger partial charge in [-0.05, 0) is 45.1 Å². The van der Waals surface area contributed by atoms with Crippen LogP contribution in [0.2, 0.25) is 0 Å². The molecule has 0 unspecified atom stereocenters. The van der Waals surface area contributed by atoms with Crippen LogP contribution in [-0.2, 0) is 11.3 Å². The van der Waals surface area contributed by atoms with E-state index < -0.39 is 11.6 Å². The third-order valence-corrected chi connectivity index (χ3v) is 6.12. The summed E-state index contributed by atoms with van der Waals surface area (Å²) < 4.78 is 2.11. The second-order valence-corrected chi connectivity index (χ2v) is 7.80. The topological polar surface area (TPSA) is 71.4 Å². The van der Waals surface area contributed by atoms with Crippen LogP contribution in [0.5, 0.6) is 0 Å². The lowest BCUT2D eigenvalue weighted by atomic mass is 9.73. The van der Waals surface area contributed by atoms with Crippen molar-refractivity contribution in [3.63, 3.8) is 0 Å². The standard InChI is InChI=1S/C20H29N3O3/c1-5-10-22-14(3)11-16(15(22)4)17(24)12-23-18(25)20(21-19(23)26)9-7-6-8-13(20)2/h11,13H,5-10,12H2,1-4H3,(H,21,26)/t13-,20-/m1/s1. The molecule has 6 heteroatoms. The summed E-state index contributed by atoms with van der Waals surface area (Å²) in [5.41, 5.74) is 1.73. The number of rotatable bonds is 5. The molecule has 1 saturated carbocycles. The van der Waals surface area contributed by atoms with Crippen molar-refractivity contribution in [1.82, 2.24) is 14.8 Å². The predicted octanol–water partition coefficient (Wildman–Crippen LogP) is 3.20. The molecule has 6 nitrogen and oxygen atoms in total. The van der Waals surface area contributed by atoms with Crippen molar-refractivity contribution < 1.29 is 14.4 Å². The number of amides is 3. The molecule has 0 aromatic carbocycles. The van der Waals surface area contributed by atoms with Gasteiger partial charge in [0.1, 0.15) is 5.54 Å². The Hall–Kier alpha value is -2.11. The highest BCUT2D eigenvalue weighted by Crippen LogP contribution is 2.38. The number of ketones is 1. The molecule has 2 fully saturated rings. The van der Waals surface area contributed by atoms with Gasteiger partial charge in [-0.25, -0.2) is 4.79 Å². The average molecular weight is 359 g/mol. The van der Waals surface area contributed by atoms with E-state index in [0.717, 1.165) is 48.5 Å². The largest absolute Gasteiger partial charge is 0.348 e. The van der Waals surface area contributed by atoms with Crippen molar-refractivity contribution in [2.24, 2.45) is 5.92 Å². The quantitative estimate of drug-likeness (QED) is 0.648. The Bertz CT molecular complexity index is 752. The molecule has 26 heavy (non-hydrogen) atoms. The van der Waals surface area contributed by atoms with E-state index in [4.69, 9.17) is 0 Å². The SMILES string of the molecule is CCCn1c(C)cc(C(=O)CN2C(=O)N[C@@]3(CCCC[C@H]3C)C2=O)c1C. The zero-order chi connectivity index (χ0) is 19.1. The van der Waals surface area contributed by atoms with Crippen LogP contribution < -0.4 is 5.32 Å². The van der Waals surface area contributed by atoms with Gasteiger partial charge in [0.25, 0.3) is 5.91 Å². The molecule has 1 saturated heterocycles. The first kappa shape index (κ1) is 18.7. The minimum absolute atomic E-state index is 0.0995. The molecule has 1 aromatic rings. The molecule has 0 bridgehead atoms. The highest BCUT2D eigenvalue weighted by molar-refractivity contribution is 6.11. The fraction of sp³-hybridized carbons (Fsp3) is 0.650. The van der Waals surface area contributed by atoms with Crippen molar-refractivity contribution in [2.75, 3.05) is 6.54 Å². The summed E-state index contributed by atoms with van der Waals surface area (Å²) in [6.07, 6.45) is 4.57. The molecule has 3 amide bonds. The Kier molecular flexibility index (Phi) is 4.95. The van der Waals surface area contributed by atoms with Crippen molar-refractivity contribution in [3.8, 4) is 0 Å². The van der Waals surface area contributed by atoms with Crippen LogP contribution in [0.25, 0.3) is 0 Å². The first-order valence-electron chi connectivity index (χ1n) is 9.66. The van der Waals surface area contributed by atoms with Gasteiger partial charge in [0, 0.05) is 23.5 Å². The van der Waals surface area contributed by atoms with Crippen molar-refractivity contribution >= 4 is 17.7 Å². The van der Waals surface area contributed by atoms with E-state index in [0.29, 0.717) is 12.0 Å². The smallest absolute Gasteiger partial charge is 0.325 e. The second kappa shape index (κ2) is 6.89. The van der Waals surface area contributed by atoms with Crippen molar-refractivity contribution in [3.05, 3.63) is 23.0 Å². The third kappa shape index (κ3) is 2.85. The van der Waals surface area contributed by atoms with Crippen molar-refractivity contribution in [2.45, 2.75) is 71.9 Å². The van der Waals surface area contributed by atoms with Gasteiger partial charge in [0.15, 0.2) is 5.78 Å².